The van der Waals surface area contributed by atoms with E-state index in [1.165, 1.54) is 17.9 Å². The average molecular weight is 548 g/mol. The van der Waals surface area contributed by atoms with Gasteiger partial charge in [0.2, 0.25) is 6.23 Å². The summed E-state index contributed by atoms with van der Waals surface area (Å²) in [6.07, 6.45) is 4.74. The van der Waals surface area contributed by atoms with Gasteiger partial charge in [-0.05, 0) is 62.9 Å². The van der Waals surface area contributed by atoms with Gasteiger partial charge in [-0.3, -0.25) is 4.90 Å². The van der Waals surface area contributed by atoms with Crippen LogP contribution in [0.25, 0.3) is 0 Å². The van der Waals surface area contributed by atoms with E-state index < -0.39 is 28.3 Å². The summed E-state index contributed by atoms with van der Waals surface area (Å²) in [5, 5.41) is 20.3. The van der Waals surface area contributed by atoms with Crippen molar-refractivity contribution in [3.05, 3.63) is 48.5 Å². The molecule has 0 bridgehead atoms. The summed E-state index contributed by atoms with van der Waals surface area (Å²) >= 11 is 0. The zero-order chi connectivity index (χ0) is 27.7. The number of hydrogen-bond donors (Lipinski definition) is 2. The maximum atomic E-state index is 12.6. The van der Waals surface area contributed by atoms with Crippen LogP contribution in [0.2, 0.25) is 0 Å². The molecule has 1 fully saturated rings. The first-order chi connectivity index (χ1) is 18.2. The van der Waals surface area contributed by atoms with Crippen LogP contribution in [0.4, 0.5) is 4.79 Å². The molecule has 0 aromatic heterocycles. The highest BCUT2D eigenvalue weighted by Crippen LogP contribution is 2.35. The second-order valence-corrected chi connectivity index (χ2v) is 12.2. The number of rotatable bonds is 16. The van der Waals surface area contributed by atoms with E-state index in [1.807, 2.05) is 6.92 Å². The molecule has 0 radical (unpaired) electrons. The van der Waals surface area contributed by atoms with E-state index in [9.17, 15) is 23.4 Å². The van der Waals surface area contributed by atoms with Gasteiger partial charge in [-0.2, -0.15) is 0 Å². The number of carbonyl (C=O) groups is 1. The monoisotopic (exact) mass is 547 g/mol. The quantitative estimate of drug-likeness (QED) is 0.179. The molecule has 3 rings (SSSR count). The van der Waals surface area contributed by atoms with Crippen LogP contribution in [0.5, 0.6) is 17.2 Å². The van der Waals surface area contributed by atoms with Crippen molar-refractivity contribution in [3.63, 3.8) is 0 Å². The molecule has 3 atom stereocenters. The maximum Gasteiger partial charge on any atom is 0.410 e. The highest BCUT2D eigenvalue weighted by atomic mass is 32.2. The van der Waals surface area contributed by atoms with Crippen LogP contribution in [0, 0.1) is 0 Å². The van der Waals surface area contributed by atoms with Crippen molar-refractivity contribution in [2.75, 3.05) is 0 Å². The van der Waals surface area contributed by atoms with Crippen LogP contribution in [0.3, 0.4) is 0 Å². The standard InChI is InChI=1S/C29H41NO7S/c1-4-6-7-8-9-12-22(5-2)30(29(32)33)28(21(3)31)37-24-14-10-13-23(19-24)36-25-15-11-16-27(20-25)38(34,35)26-17-18-26/h10-11,13-16,19-22,26,28,31H,4-9,12,17-18H2,1-3H3,(H,32,33). The molecule has 210 valence electrons. The molecule has 0 spiro atoms. The van der Waals surface area contributed by atoms with Crippen LogP contribution >= 0.6 is 0 Å². The SMILES string of the molecule is CCCCCCCC(CC)N(C(=O)O)C(Oc1cccc(Oc2cccc(S(=O)(=O)C3CC3)c2)c1)C(C)O. The van der Waals surface area contributed by atoms with Gasteiger partial charge in [-0.15, -0.1) is 0 Å². The van der Waals surface area contributed by atoms with Crippen LogP contribution in [-0.2, 0) is 9.84 Å². The van der Waals surface area contributed by atoms with Gasteiger partial charge < -0.3 is 19.7 Å². The molecule has 0 aliphatic heterocycles. The number of benzene rings is 2. The molecule has 1 amide bonds. The van der Waals surface area contributed by atoms with E-state index in [-0.39, 0.29) is 16.2 Å². The average Bonchev–Trinajstić information content (AvgIpc) is 3.73. The number of unbranched alkanes of at least 4 members (excludes halogenated alkanes) is 4. The number of amides is 1. The van der Waals surface area contributed by atoms with Crippen molar-refractivity contribution in [2.24, 2.45) is 0 Å². The number of nitrogens with zero attached hydrogens (tertiary/aromatic N) is 1. The predicted molar refractivity (Wildman–Crippen MR) is 147 cm³/mol. The van der Waals surface area contributed by atoms with Crippen molar-refractivity contribution < 1.29 is 32.9 Å². The third-order valence-corrected chi connectivity index (χ3v) is 9.07. The first kappa shape index (κ1) is 29.8. The Hall–Kier alpha value is -2.78. The van der Waals surface area contributed by atoms with Crippen LogP contribution in [-0.4, -0.2) is 53.2 Å². The van der Waals surface area contributed by atoms with E-state index in [2.05, 4.69) is 6.92 Å². The molecular formula is C29H41NO7S. The molecule has 9 heteroatoms. The number of aliphatic hydroxyl groups is 1. The van der Waals surface area contributed by atoms with Crippen molar-refractivity contribution in [3.8, 4) is 17.2 Å². The van der Waals surface area contributed by atoms with Crippen molar-refractivity contribution in [1.82, 2.24) is 4.90 Å². The molecule has 3 unspecified atom stereocenters. The van der Waals surface area contributed by atoms with E-state index in [4.69, 9.17) is 9.47 Å². The Kier molecular flexibility index (Phi) is 10.8. The minimum Gasteiger partial charge on any atom is -0.467 e. The lowest BCUT2D eigenvalue weighted by atomic mass is 10.0. The topological polar surface area (TPSA) is 113 Å². The number of hydrogen-bond acceptors (Lipinski definition) is 6. The summed E-state index contributed by atoms with van der Waals surface area (Å²) in [6.45, 7) is 5.61. The molecule has 2 aromatic rings. The van der Waals surface area contributed by atoms with E-state index in [0.717, 1.165) is 32.1 Å². The van der Waals surface area contributed by atoms with Crippen molar-refractivity contribution in [1.29, 1.82) is 0 Å². The normalized spacial score (nSPS) is 15.9. The minimum absolute atomic E-state index is 0.233. The van der Waals surface area contributed by atoms with Gasteiger partial charge in [0, 0.05) is 12.1 Å². The zero-order valence-electron chi connectivity index (χ0n) is 22.6. The second-order valence-electron chi connectivity index (χ2n) is 10.00. The molecular weight excluding hydrogens is 506 g/mol. The predicted octanol–water partition coefficient (Wildman–Crippen LogP) is 6.62. The summed E-state index contributed by atoms with van der Waals surface area (Å²) in [5.74, 6) is 1.11. The van der Waals surface area contributed by atoms with Gasteiger partial charge in [0.15, 0.2) is 9.84 Å². The fourth-order valence-corrected chi connectivity index (χ4v) is 6.25. The number of sulfone groups is 1. The van der Waals surface area contributed by atoms with E-state index in [1.54, 1.807) is 42.5 Å². The Bertz CT molecular complexity index is 1150. The van der Waals surface area contributed by atoms with E-state index >= 15 is 0 Å². The highest BCUT2D eigenvalue weighted by Gasteiger charge is 2.37. The lowest BCUT2D eigenvalue weighted by Crippen LogP contribution is -2.53. The molecule has 2 aromatic carbocycles. The van der Waals surface area contributed by atoms with Crippen LogP contribution in [0.15, 0.2) is 53.4 Å². The van der Waals surface area contributed by atoms with Gasteiger partial charge >= 0.3 is 6.09 Å². The Labute approximate surface area is 226 Å². The first-order valence-electron chi connectivity index (χ1n) is 13.6. The Morgan fingerprint density at radius 3 is 2.24 bits per heavy atom. The van der Waals surface area contributed by atoms with Crippen LogP contribution < -0.4 is 9.47 Å². The summed E-state index contributed by atoms with van der Waals surface area (Å²) in [4.78, 5) is 13.8. The van der Waals surface area contributed by atoms with Gasteiger partial charge in [0.05, 0.1) is 10.1 Å². The van der Waals surface area contributed by atoms with E-state index in [0.29, 0.717) is 42.9 Å². The maximum absolute atomic E-state index is 12.6. The molecule has 2 N–H and O–H groups in total. The molecule has 1 aliphatic carbocycles. The molecule has 1 saturated carbocycles. The Morgan fingerprint density at radius 2 is 1.63 bits per heavy atom. The lowest BCUT2D eigenvalue weighted by molar-refractivity contribution is -0.0658. The molecule has 1 aliphatic rings. The van der Waals surface area contributed by atoms with Gasteiger partial charge in [0.1, 0.15) is 23.4 Å². The third kappa shape index (κ3) is 8.11. The van der Waals surface area contributed by atoms with Gasteiger partial charge in [-0.1, -0.05) is 58.1 Å². The fraction of sp³-hybridized carbons (Fsp3) is 0.552. The van der Waals surface area contributed by atoms with Gasteiger partial charge in [-0.25, -0.2) is 13.2 Å². The lowest BCUT2D eigenvalue weighted by Gasteiger charge is -2.37. The zero-order valence-corrected chi connectivity index (χ0v) is 23.4. The number of ether oxygens (including phenoxy) is 2. The molecule has 0 saturated heterocycles. The first-order valence-corrected chi connectivity index (χ1v) is 15.2. The third-order valence-electron chi connectivity index (χ3n) is 6.81. The molecule has 8 nitrogen and oxygen atoms in total. The summed E-state index contributed by atoms with van der Waals surface area (Å²) in [6, 6.07) is 12.8. The summed E-state index contributed by atoms with van der Waals surface area (Å²) in [7, 11) is -3.35. The number of aliphatic hydroxyl groups excluding tert-OH is 1. The molecule has 38 heavy (non-hydrogen) atoms. The van der Waals surface area contributed by atoms with Gasteiger partial charge in [0.25, 0.3) is 0 Å². The smallest absolute Gasteiger partial charge is 0.410 e. The molecule has 0 heterocycles. The highest BCUT2D eigenvalue weighted by molar-refractivity contribution is 7.92. The van der Waals surface area contributed by atoms with Crippen molar-refractivity contribution in [2.45, 2.75) is 107 Å². The summed E-state index contributed by atoms with van der Waals surface area (Å²) < 4.78 is 37.2. The van der Waals surface area contributed by atoms with Crippen molar-refractivity contribution >= 4 is 15.9 Å². The second kappa shape index (κ2) is 13.8. The minimum atomic E-state index is -3.35. The fourth-order valence-electron chi connectivity index (χ4n) is 4.56. The van der Waals surface area contributed by atoms with Crippen LogP contribution in [0.1, 0.15) is 78.6 Å². The Morgan fingerprint density at radius 1 is 1.00 bits per heavy atom. The largest absolute Gasteiger partial charge is 0.467 e. The summed E-state index contributed by atoms with van der Waals surface area (Å²) in [5.41, 5.74) is 0. The Balaban J connectivity index is 1.74. The number of carboxylic acid groups (broad SMARTS) is 1.